The molecular formula is C18H21NO3. The van der Waals surface area contributed by atoms with Gasteiger partial charge in [0.15, 0.2) is 23.4 Å². The molecule has 0 N–H and O–H groups in total. The van der Waals surface area contributed by atoms with E-state index in [2.05, 4.69) is 0 Å². The lowest BCUT2D eigenvalue weighted by atomic mass is 9.52. The Morgan fingerprint density at radius 1 is 1.64 bits per heavy atom. The first kappa shape index (κ1) is 7.35. The molecule has 0 radical (unpaired) electrons. The zero-order valence-corrected chi connectivity index (χ0v) is 12.2. The number of ketones is 1. The quantitative estimate of drug-likeness (QED) is 0.795. The second kappa shape index (κ2) is 4.05. The van der Waals surface area contributed by atoms with Crippen molar-refractivity contribution in [2.45, 2.75) is 43.2 Å². The van der Waals surface area contributed by atoms with E-state index >= 15 is 0 Å². The van der Waals surface area contributed by atoms with E-state index in [4.69, 9.17) is 19.1 Å². The summed E-state index contributed by atoms with van der Waals surface area (Å²) in [4.78, 5) is 15.1. The van der Waals surface area contributed by atoms with Crippen LogP contribution in [0.3, 0.4) is 0 Å². The van der Waals surface area contributed by atoms with Crippen molar-refractivity contribution in [3.05, 3.63) is 23.2 Å². The molecule has 22 heavy (non-hydrogen) atoms. The second-order valence-corrected chi connectivity index (χ2v) is 6.53. The fraction of sp³-hybridized carbons (Fsp3) is 0.611. The highest BCUT2D eigenvalue weighted by molar-refractivity contribution is 5.89. The van der Waals surface area contributed by atoms with Crippen LogP contribution in [-0.4, -0.2) is 43.5 Å². The maximum Gasteiger partial charge on any atom is 0.174 e. The first-order chi connectivity index (χ1) is 13.7. The summed E-state index contributed by atoms with van der Waals surface area (Å²) in [5.41, 5.74) is -0.340. The maximum absolute atomic E-state index is 13.1. The van der Waals surface area contributed by atoms with Crippen LogP contribution in [0.1, 0.15) is 41.3 Å². The predicted octanol–water partition coefficient (Wildman–Crippen LogP) is 1.93. The number of methoxy groups -OCH3 is 1. The minimum absolute atomic E-state index is 0.0854. The van der Waals surface area contributed by atoms with Gasteiger partial charge in [0.2, 0.25) is 0 Å². The van der Waals surface area contributed by atoms with Gasteiger partial charge < -0.3 is 14.4 Å². The van der Waals surface area contributed by atoms with E-state index in [1.165, 1.54) is 0 Å². The number of Topliss-reactive ketones (excluding diaryl/α,β-unsaturated/α-hetero) is 1. The van der Waals surface area contributed by atoms with Gasteiger partial charge in [0.1, 0.15) is 0 Å². The first-order valence-electron chi connectivity index (χ1n) is 11.5. The van der Waals surface area contributed by atoms with E-state index < -0.39 is 54.4 Å². The molecule has 0 amide bonds. The van der Waals surface area contributed by atoms with Gasteiger partial charge in [-0.15, -0.1) is 0 Å². The Morgan fingerprint density at radius 3 is 3.41 bits per heavy atom. The summed E-state index contributed by atoms with van der Waals surface area (Å²) in [6.07, 6.45) is -3.34. The van der Waals surface area contributed by atoms with Crippen molar-refractivity contribution < 1.29 is 25.2 Å². The van der Waals surface area contributed by atoms with Gasteiger partial charge in [0, 0.05) is 27.5 Å². The molecule has 0 aromatic heterocycles. The number of benzene rings is 1. The number of nitrogens with zero attached hydrogens (tertiary/aromatic N) is 1. The van der Waals surface area contributed by atoms with Crippen LogP contribution in [0.2, 0.25) is 0 Å². The minimum atomic E-state index is -2.90. The minimum Gasteiger partial charge on any atom is -0.493 e. The standard InChI is InChI=1S/C18H21NO3/c1-19-8-7-18-11-4-5-13(20)17(18)22-16-14(21-2)6-3-10(15(16)18)9-12(11)19/h3,6,11-12,17H,4-5,7-9H2,1-2H3/t11-,12+,17?,18-/m0/s1/i2D3,3D,5D2,6D,11D. The summed E-state index contributed by atoms with van der Waals surface area (Å²) >= 11 is 0. The molecule has 4 heteroatoms. The molecule has 2 aliphatic carbocycles. The molecule has 1 aromatic rings. The molecule has 116 valence electrons. The van der Waals surface area contributed by atoms with Gasteiger partial charge in [-0.05, 0) is 50.4 Å². The van der Waals surface area contributed by atoms with Crippen LogP contribution in [0.4, 0.5) is 0 Å². The number of likely N-dealkylation sites (N-methyl/N-ethyl adjacent to an activating group) is 1. The molecule has 2 fully saturated rings. The Balaban J connectivity index is 1.86. The molecule has 2 bridgehead atoms. The van der Waals surface area contributed by atoms with E-state index in [0.717, 1.165) is 0 Å². The highest BCUT2D eigenvalue weighted by atomic mass is 16.5. The summed E-state index contributed by atoms with van der Waals surface area (Å²) in [7, 11) is -1.06. The molecule has 1 spiro atoms. The Kier molecular flexibility index (Phi) is 1.35. The molecule has 1 saturated heterocycles. The van der Waals surface area contributed by atoms with Crippen molar-refractivity contribution in [1.82, 2.24) is 4.90 Å². The van der Waals surface area contributed by atoms with Crippen LogP contribution in [-0.2, 0) is 16.6 Å². The number of likely N-dealkylation sites (tertiary alicyclic amines) is 1. The van der Waals surface area contributed by atoms with Crippen LogP contribution in [0.25, 0.3) is 0 Å². The van der Waals surface area contributed by atoms with Gasteiger partial charge >= 0.3 is 0 Å². The number of ether oxygens (including phenoxy) is 2. The van der Waals surface area contributed by atoms with Crippen LogP contribution in [0.5, 0.6) is 11.5 Å². The van der Waals surface area contributed by atoms with Crippen LogP contribution in [0, 0.1) is 5.89 Å². The van der Waals surface area contributed by atoms with Gasteiger partial charge in [-0.3, -0.25) is 4.79 Å². The highest BCUT2D eigenvalue weighted by Crippen LogP contribution is 2.62. The lowest BCUT2D eigenvalue weighted by Gasteiger charge is -2.57. The van der Waals surface area contributed by atoms with Crippen molar-refractivity contribution in [2.75, 3.05) is 20.6 Å². The molecule has 1 unspecified atom stereocenters. The van der Waals surface area contributed by atoms with Gasteiger partial charge in [0.05, 0.1) is 13.9 Å². The molecular weight excluding hydrogens is 278 g/mol. The maximum atomic E-state index is 13.1. The Hall–Kier alpha value is -1.55. The zero-order chi connectivity index (χ0) is 22.0. The highest BCUT2D eigenvalue weighted by Gasteiger charge is 2.65. The Morgan fingerprint density at radius 2 is 2.55 bits per heavy atom. The third-order valence-corrected chi connectivity index (χ3v) is 5.75. The fourth-order valence-electron chi connectivity index (χ4n) is 4.78. The molecule has 2 aliphatic heterocycles. The predicted molar refractivity (Wildman–Crippen MR) is 81.6 cm³/mol. The van der Waals surface area contributed by atoms with E-state index in [0.29, 0.717) is 24.1 Å². The van der Waals surface area contributed by atoms with Crippen molar-refractivity contribution >= 4 is 5.78 Å². The summed E-state index contributed by atoms with van der Waals surface area (Å²) in [6, 6.07) is -1.10. The normalized spacial score (nSPS) is 50.0. The second-order valence-electron chi connectivity index (χ2n) is 6.53. The number of carbonyl (C=O) groups is 1. The molecule has 2 heterocycles. The van der Waals surface area contributed by atoms with Crippen molar-refractivity contribution in [1.29, 1.82) is 0 Å². The van der Waals surface area contributed by atoms with E-state index in [1.54, 1.807) is 0 Å². The topological polar surface area (TPSA) is 38.8 Å². The molecule has 4 atom stereocenters. The lowest BCUT2D eigenvalue weighted by Crippen LogP contribution is -2.65. The molecule has 4 aliphatic rings. The molecule has 4 nitrogen and oxygen atoms in total. The van der Waals surface area contributed by atoms with Gasteiger partial charge in [-0.25, -0.2) is 0 Å². The van der Waals surface area contributed by atoms with Crippen molar-refractivity contribution in [3.63, 3.8) is 0 Å². The van der Waals surface area contributed by atoms with E-state index in [-0.39, 0.29) is 24.6 Å². The number of hydrogen-bond donors (Lipinski definition) is 0. The monoisotopic (exact) mass is 307 g/mol. The number of rotatable bonds is 1. The van der Waals surface area contributed by atoms with Gasteiger partial charge in [0.25, 0.3) is 0 Å². The Labute approximate surface area is 141 Å². The van der Waals surface area contributed by atoms with E-state index in [1.807, 2.05) is 11.9 Å². The smallest absolute Gasteiger partial charge is 0.174 e. The van der Waals surface area contributed by atoms with Crippen molar-refractivity contribution in [3.8, 4) is 11.5 Å². The number of hydrogen-bond acceptors (Lipinski definition) is 4. The number of piperidine rings is 1. The van der Waals surface area contributed by atoms with Crippen molar-refractivity contribution in [2.24, 2.45) is 5.89 Å². The SMILES string of the molecule is [2H]c1c([2H])c(OC([2H])([2H])[2H])c2c3c1C[C@H]1N(C)CC[C@@]34C(O2)C(=O)C([2H])([2H])C[C@@]14[2H]. The summed E-state index contributed by atoms with van der Waals surface area (Å²) in [5.74, 6) is -2.71. The average Bonchev–Trinajstić information content (AvgIpc) is 2.95. The van der Waals surface area contributed by atoms with Crippen LogP contribution >= 0.6 is 0 Å². The molecule has 1 aromatic carbocycles. The fourth-order valence-corrected chi connectivity index (χ4v) is 4.78. The van der Waals surface area contributed by atoms with Crippen LogP contribution in [0.15, 0.2) is 12.1 Å². The number of carbonyl (C=O) groups excluding carboxylic acids is 1. The molecule has 1 saturated carbocycles. The summed E-state index contributed by atoms with van der Waals surface area (Å²) in [5, 5.41) is 0. The third kappa shape index (κ3) is 1.27. The van der Waals surface area contributed by atoms with Gasteiger partial charge in [-0.2, -0.15) is 0 Å². The third-order valence-electron chi connectivity index (χ3n) is 5.75. The summed E-state index contributed by atoms with van der Waals surface area (Å²) < 4.78 is 76.3. The van der Waals surface area contributed by atoms with Gasteiger partial charge in [-0.1, -0.05) is 6.04 Å². The van der Waals surface area contributed by atoms with E-state index in [9.17, 15) is 6.17 Å². The average molecular weight is 307 g/mol. The zero-order valence-electron chi connectivity index (χ0n) is 20.2. The molecule has 5 rings (SSSR count). The first-order valence-corrected chi connectivity index (χ1v) is 7.51. The summed E-state index contributed by atoms with van der Waals surface area (Å²) in [6.45, 7) is 0.547. The van der Waals surface area contributed by atoms with Crippen LogP contribution < -0.4 is 9.47 Å². The lowest BCUT2D eigenvalue weighted by molar-refractivity contribution is -0.138. The largest absolute Gasteiger partial charge is 0.493 e. The Bertz CT molecular complexity index is 995.